The average Bonchev–Trinajstić information content (AvgIpc) is 2.59. The summed E-state index contributed by atoms with van der Waals surface area (Å²) >= 11 is 0. The highest BCUT2D eigenvalue weighted by molar-refractivity contribution is 5.37. The van der Waals surface area contributed by atoms with Gasteiger partial charge in [0.05, 0.1) is 5.69 Å². The van der Waals surface area contributed by atoms with Crippen LogP contribution in [0.2, 0.25) is 0 Å². The number of aryl methyl sites for hydroxylation is 1. The van der Waals surface area contributed by atoms with E-state index < -0.39 is 0 Å². The number of hydrogen-bond donors (Lipinski definition) is 1. The van der Waals surface area contributed by atoms with Crippen LogP contribution < -0.4 is 11.3 Å². The Morgan fingerprint density at radius 2 is 1.88 bits per heavy atom. The normalized spacial score (nSPS) is 23.0. The molecule has 0 amide bonds. The quantitative estimate of drug-likeness (QED) is 0.940. The number of fused-ring (bicyclic) bond motifs is 4. The van der Waals surface area contributed by atoms with Crippen LogP contribution in [0.25, 0.3) is 0 Å². The molecular formula is C20H25N3O. The lowest BCUT2D eigenvalue weighted by atomic mass is 9.83. The molecule has 126 valence electrons. The average molecular weight is 323 g/mol. The number of hydrogen-bond acceptors (Lipinski definition) is 3. The zero-order chi connectivity index (χ0) is 16.5. The molecule has 3 heterocycles. The highest BCUT2D eigenvalue weighted by Gasteiger charge is 2.34. The van der Waals surface area contributed by atoms with Gasteiger partial charge in [0, 0.05) is 31.2 Å². The minimum Gasteiger partial charge on any atom is -0.394 e. The van der Waals surface area contributed by atoms with Gasteiger partial charge in [0.15, 0.2) is 0 Å². The van der Waals surface area contributed by atoms with Crippen LogP contribution in [0.15, 0.2) is 47.3 Å². The number of nitrogens with zero attached hydrogens (tertiary/aromatic N) is 2. The number of aromatic nitrogens is 1. The fourth-order valence-corrected chi connectivity index (χ4v) is 4.40. The molecule has 0 saturated carbocycles. The van der Waals surface area contributed by atoms with Crippen LogP contribution in [0.1, 0.15) is 30.0 Å². The molecule has 2 aromatic rings. The van der Waals surface area contributed by atoms with Crippen molar-refractivity contribution < 1.29 is 0 Å². The molecule has 0 spiro atoms. The highest BCUT2D eigenvalue weighted by atomic mass is 16.1. The molecule has 2 aliphatic rings. The summed E-state index contributed by atoms with van der Waals surface area (Å²) in [5, 5.41) is 0. The van der Waals surface area contributed by atoms with Crippen LogP contribution in [0.3, 0.4) is 0 Å². The molecule has 4 rings (SSSR count). The van der Waals surface area contributed by atoms with Crippen molar-refractivity contribution in [3.63, 3.8) is 0 Å². The Morgan fingerprint density at radius 3 is 2.71 bits per heavy atom. The minimum atomic E-state index is -0.000252. The first kappa shape index (κ1) is 15.5. The number of likely N-dealkylation sites (tertiary alicyclic amines) is 1. The van der Waals surface area contributed by atoms with E-state index in [0.29, 0.717) is 17.5 Å². The van der Waals surface area contributed by atoms with E-state index in [2.05, 4.69) is 41.3 Å². The number of pyridine rings is 1. The van der Waals surface area contributed by atoms with E-state index in [1.807, 2.05) is 4.57 Å². The molecule has 0 radical (unpaired) electrons. The zero-order valence-corrected chi connectivity index (χ0v) is 14.0. The third-order valence-electron chi connectivity index (χ3n) is 5.49. The molecular weight excluding hydrogens is 298 g/mol. The van der Waals surface area contributed by atoms with Crippen molar-refractivity contribution in [1.82, 2.24) is 9.47 Å². The second-order valence-electron chi connectivity index (χ2n) is 7.28. The Labute approximate surface area is 142 Å². The monoisotopic (exact) mass is 323 g/mol. The second kappa shape index (κ2) is 6.44. The van der Waals surface area contributed by atoms with E-state index in [1.165, 1.54) is 24.1 Å². The number of nitrogens with two attached hydrogens (primary N) is 1. The predicted octanol–water partition coefficient (Wildman–Crippen LogP) is 2.48. The third-order valence-corrected chi connectivity index (χ3v) is 5.49. The van der Waals surface area contributed by atoms with Crippen LogP contribution in [0, 0.1) is 5.92 Å². The SMILES string of the molecule is Nc1ccc2n(c1=O)CC1CC2CN(CCCc2ccccc2)C1. The van der Waals surface area contributed by atoms with Crippen molar-refractivity contribution >= 4 is 5.69 Å². The van der Waals surface area contributed by atoms with Gasteiger partial charge in [0.25, 0.3) is 5.56 Å². The minimum absolute atomic E-state index is 0.000252. The van der Waals surface area contributed by atoms with Crippen molar-refractivity contribution in [3.8, 4) is 0 Å². The van der Waals surface area contributed by atoms with Gasteiger partial charge in [0.1, 0.15) is 0 Å². The maximum absolute atomic E-state index is 12.3. The van der Waals surface area contributed by atoms with Crippen LogP contribution in [0.4, 0.5) is 5.69 Å². The van der Waals surface area contributed by atoms with E-state index in [9.17, 15) is 4.79 Å². The molecule has 0 aliphatic carbocycles. The highest BCUT2D eigenvalue weighted by Crippen LogP contribution is 2.35. The van der Waals surface area contributed by atoms with E-state index in [4.69, 9.17) is 5.73 Å². The first-order valence-corrected chi connectivity index (χ1v) is 8.96. The Bertz CT molecular complexity index is 768. The summed E-state index contributed by atoms with van der Waals surface area (Å²) in [5.41, 5.74) is 8.77. The smallest absolute Gasteiger partial charge is 0.273 e. The fraction of sp³-hybridized carbons (Fsp3) is 0.450. The largest absolute Gasteiger partial charge is 0.394 e. The van der Waals surface area contributed by atoms with E-state index in [1.54, 1.807) is 6.07 Å². The second-order valence-corrected chi connectivity index (χ2v) is 7.28. The molecule has 4 heteroatoms. The zero-order valence-electron chi connectivity index (χ0n) is 14.0. The molecule has 24 heavy (non-hydrogen) atoms. The molecule has 1 saturated heterocycles. The Balaban J connectivity index is 1.41. The topological polar surface area (TPSA) is 51.3 Å². The first-order valence-electron chi connectivity index (χ1n) is 8.96. The van der Waals surface area contributed by atoms with Gasteiger partial charge in [0.2, 0.25) is 0 Å². The summed E-state index contributed by atoms with van der Waals surface area (Å²) < 4.78 is 1.93. The van der Waals surface area contributed by atoms with E-state index in [-0.39, 0.29) is 5.56 Å². The number of anilines is 1. The van der Waals surface area contributed by atoms with E-state index >= 15 is 0 Å². The molecule has 2 unspecified atom stereocenters. The van der Waals surface area contributed by atoms with Crippen molar-refractivity contribution in [3.05, 3.63) is 64.1 Å². The number of rotatable bonds is 4. The lowest BCUT2D eigenvalue weighted by molar-refractivity contribution is 0.119. The lowest BCUT2D eigenvalue weighted by Gasteiger charge is -2.43. The van der Waals surface area contributed by atoms with Gasteiger partial charge in [-0.05, 0) is 49.4 Å². The maximum atomic E-state index is 12.3. The molecule has 2 aliphatic heterocycles. The molecule has 1 aromatic heterocycles. The van der Waals surface area contributed by atoms with Crippen molar-refractivity contribution in [2.45, 2.75) is 31.7 Å². The Kier molecular flexibility index (Phi) is 4.15. The van der Waals surface area contributed by atoms with Crippen LogP contribution in [-0.2, 0) is 13.0 Å². The van der Waals surface area contributed by atoms with Crippen molar-refractivity contribution in [2.24, 2.45) is 5.92 Å². The summed E-state index contributed by atoms with van der Waals surface area (Å²) in [5.74, 6) is 1.05. The lowest BCUT2D eigenvalue weighted by Crippen LogP contribution is -2.47. The summed E-state index contributed by atoms with van der Waals surface area (Å²) in [4.78, 5) is 14.9. The summed E-state index contributed by atoms with van der Waals surface area (Å²) in [6, 6.07) is 14.5. The predicted molar refractivity (Wildman–Crippen MR) is 97.2 cm³/mol. The molecule has 2 N–H and O–H groups in total. The maximum Gasteiger partial charge on any atom is 0.273 e. The molecule has 2 bridgehead atoms. The first-order chi connectivity index (χ1) is 11.7. The molecule has 2 atom stereocenters. The van der Waals surface area contributed by atoms with Gasteiger partial charge in [-0.25, -0.2) is 0 Å². The van der Waals surface area contributed by atoms with Crippen molar-refractivity contribution in [2.75, 3.05) is 25.4 Å². The number of piperidine rings is 1. The van der Waals surface area contributed by atoms with Gasteiger partial charge < -0.3 is 15.2 Å². The Morgan fingerprint density at radius 1 is 1.04 bits per heavy atom. The Hall–Kier alpha value is -2.07. The van der Waals surface area contributed by atoms with Crippen LogP contribution in [-0.4, -0.2) is 29.1 Å². The van der Waals surface area contributed by atoms with Crippen LogP contribution >= 0.6 is 0 Å². The van der Waals surface area contributed by atoms with Gasteiger partial charge in [-0.3, -0.25) is 4.79 Å². The molecule has 1 aromatic carbocycles. The summed E-state index contributed by atoms with van der Waals surface area (Å²) in [6.07, 6.45) is 3.54. The third kappa shape index (κ3) is 2.98. The standard InChI is InChI=1S/C20H25N3O/c21-18-8-9-19-17-11-16(13-23(19)20(18)24)12-22(14-17)10-4-7-15-5-2-1-3-6-15/h1-3,5-6,8-9,16-17H,4,7,10-14,21H2. The summed E-state index contributed by atoms with van der Waals surface area (Å²) in [7, 11) is 0. The van der Waals surface area contributed by atoms with E-state index in [0.717, 1.165) is 32.6 Å². The van der Waals surface area contributed by atoms with Crippen LogP contribution in [0.5, 0.6) is 0 Å². The molecule has 4 nitrogen and oxygen atoms in total. The van der Waals surface area contributed by atoms with Crippen molar-refractivity contribution in [1.29, 1.82) is 0 Å². The van der Waals surface area contributed by atoms with Gasteiger partial charge in [-0.2, -0.15) is 0 Å². The van der Waals surface area contributed by atoms with Gasteiger partial charge >= 0.3 is 0 Å². The summed E-state index contributed by atoms with van der Waals surface area (Å²) in [6.45, 7) is 4.13. The fourth-order valence-electron chi connectivity index (χ4n) is 4.40. The number of nitrogen functional groups attached to an aromatic ring is 1. The number of benzene rings is 1. The van der Waals surface area contributed by atoms with Gasteiger partial charge in [-0.15, -0.1) is 0 Å². The molecule has 1 fully saturated rings. The van der Waals surface area contributed by atoms with Gasteiger partial charge in [-0.1, -0.05) is 30.3 Å².